The number of alkyl halides is 1. The van der Waals surface area contributed by atoms with Crippen molar-refractivity contribution in [3.8, 4) is 0 Å². The van der Waals surface area contributed by atoms with E-state index in [2.05, 4.69) is 10.4 Å². The molecule has 0 unspecified atom stereocenters. The Balaban J connectivity index is 1.27. The molecule has 0 saturated carbocycles. The summed E-state index contributed by atoms with van der Waals surface area (Å²) >= 11 is 6.31. The molecule has 0 spiro atoms. The Morgan fingerprint density at radius 1 is 1.28 bits per heavy atom. The lowest BCUT2D eigenvalue weighted by Crippen LogP contribution is -2.42. The number of benzene rings is 1. The predicted octanol–water partition coefficient (Wildman–Crippen LogP) is 3.91. The molecule has 1 atom stereocenters. The van der Waals surface area contributed by atoms with Gasteiger partial charge in [-0.05, 0) is 38.7 Å². The maximum absolute atomic E-state index is 14.8. The third-order valence-corrected chi connectivity index (χ3v) is 9.23. The van der Waals surface area contributed by atoms with Crippen molar-refractivity contribution in [1.29, 1.82) is 0 Å². The number of halogens is 2. The van der Waals surface area contributed by atoms with Gasteiger partial charge in [-0.1, -0.05) is 29.8 Å². The van der Waals surface area contributed by atoms with Crippen LogP contribution in [0.5, 0.6) is 0 Å². The topological polar surface area (TPSA) is 107 Å². The Morgan fingerprint density at radius 3 is 2.72 bits per heavy atom. The first kappa shape index (κ1) is 25.2. The first-order valence-electron chi connectivity index (χ1n) is 12.0. The molecule has 1 aromatic carbocycles. The predicted molar refractivity (Wildman–Crippen MR) is 134 cm³/mol. The zero-order chi connectivity index (χ0) is 25.5. The number of ether oxygens (including phenoxy) is 1. The fraction of sp³-hybridized carbons (Fsp3) is 0.500. The molecular weight excluding hydrogens is 511 g/mol. The molecule has 0 radical (unpaired) electrons. The normalized spacial score (nSPS) is 22.2. The van der Waals surface area contributed by atoms with E-state index >= 15 is 0 Å². The van der Waals surface area contributed by atoms with Gasteiger partial charge in [0.05, 0.1) is 31.1 Å². The van der Waals surface area contributed by atoms with E-state index in [0.717, 1.165) is 5.39 Å². The van der Waals surface area contributed by atoms with Crippen LogP contribution in [0, 0.1) is 6.92 Å². The molecule has 3 aromatic rings. The third-order valence-electron chi connectivity index (χ3n) is 6.96. The maximum Gasteiger partial charge on any atom is 0.287 e. The van der Waals surface area contributed by atoms with E-state index in [9.17, 15) is 17.6 Å². The molecule has 2 saturated heterocycles. The molecule has 0 amide bonds. The molecule has 2 aliphatic rings. The lowest BCUT2D eigenvalue weighted by Gasteiger charge is -2.31. The number of hydrogen-bond acceptors (Lipinski definition) is 7. The van der Waals surface area contributed by atoms with E-state index in [0.29, 0.717) is 43.4 Å². The van der Waals surface area contributed by atoms with Gasteiger partial charge in [-0.3, -0.25) is 4.79 Å². The smallest absolute Gasteiger partial charge is 0.287 e. The van der Waals surface area contributed by atoms with Gasteiger partial charge in [0.1, 0.15) is 10.6 Å². The van der Waals surface area contributed by atoms with Crippen LogP contribution in [0.3, 0.4) is 0 Å². The quantitative estimate of drug-likeness (QED) is 0.507. The average Bonchev–Trinajstić information content (AvgIpc) is 3.23. The molecule has 0 aliphatic carbocycles. The van der Waals surface area contributed by atoms with Crippen molar-refractivity contribution in [3.63, 3.8) is 0 Å². The van der Waals surface area contributed by atoms with E-state index in [1.807, 2.05) is 12.1 Å². The number of nitrogens with one attached hydrogen (secondary N) is 1. The van der Waals surface area contributed by atoms with Gasteiger partial charge < -0.3 is 14.5 Å². The second kappa shape index (κ2) is 9.77. The van der Waals surface area contributed by atoms with Crippen LogP contribution < -0.4 is 10.9 Å². The Bertz CT molecular complexity index is 1430. The third kappa shape index (κ3) is 4.65. The van der Waals surface area contributed by atoms with Gasteiger partial charge in [0, 0.05) is 30.6 Å². The van der Waals surface area contributed by atoms with Crippen molar-refractivity contribution in [1.82, 2.24) is 14.1 Å². The number of aromatic nitrogens is 2. The summed E-state index contributed by atoms with van der Waals surface area (Å²) in [5, 5.41) is 7.79. The lowest BCUT2D eigenvalue weighted by atomic mass is 9.99. The molecule has 194 valence electrons. The maximum atomic E-state index is 14.8. The highest BCUT2D eigenvalue weighted by molar-refractivity contribution is 7.89. The molecule has 5 rings (SSSR count). The van der Waals surface area contributed by atoms with Crippen molar-refractivity contribution in [3.05, 3.63) is 51.4 Å². The van der Waals surface area contributed by atoms with Gasteiger partial charge in [-0.2, -0.15) is 9.40 Å². The SMILES string of the molecule is Cc1c(S(=O)(=O)N2CCC(n3ncc(NC[C@@]4(F)CCCOC4)c(Cl)c3=O)CC2)oc2ccccc12. The zero-order valence-electron chi connectivity index (χ0n) is 19.9. The van der Waals surface area contributed by atoms with Crippen molar-refractivity contribution in [2.45, 2.75) is 49.4 Å². The summed E-state index contributed by atoms with van der Waals surface area (Å²) in [6, 6.07) is 6.89. The minimum Gasteiger partial charge on any atom is -0.443 e. The lowest BCUT2D eigenvalue weighted by molar-refractivity contribution is -0.0234. The van der Waals surface area contributed by atoms with Gasteiger partial charge in [-0.15, -0.1) is 0 Å². The summed E-state index contributed by atoms with van der Waals surface area (Å²) in [5.74, 6) is 0. The molecule has 2 aromatic heterocycles. The first-order chi connectivity index (χ1) is 17.2. The van der Waals surface area contributed by atoms with Crippen LogP contribution in [-0.2, 0) is 14.8 Å². The van der Waals surface area contributed by atoms with Gasteiger partial charge >= 0.3 is 0 Å². The standard InChI is InChI=1S/C24H28ClFN4O5S/c1-16-18-5-2-3-6-20(18)35-23(16)36(32,33)29-10-7-17(8-11-29)30-22(31)21(25)19(13-28-30)27-14-24(26)9-4-12-34-15-24/h2-3,5-6,13,17,27H,4,7-12,14-15H2,1H3/t24-/m0/s1. The fourth-order valence-corrected chi connectivity index (χ4v) is 6.70. The molecule has 4 heterocycles. The van der Waals surface area contributed by atoms with E-state index in [1.165, 1.54) is 15.2 Å². The summed E-state index contributed by atoms with van der Waals surface area (Å²) in [6.07, 6.45) is 3.20. The molecular formula is C24H28ClFN4O5S. The molecule has 2 fully saturated rings. The van der Waals surface area contributed by atoms with Crippen LogP contribution in [0.25, 0.3) is 11.0 Å². The van der Waals surface area contributed by atoms with Crippen molar-refractivity contribution in [2.24, 2.45) is 0 Å². The second-order valence-corrected chi connectivity index (χ2v) is 11.6. The Labute approximate surface area is 213 Å². The number of fused-ring (bicyclic) bond motifs is 1. The van der Waals surface area contributed by atoms with E-state index in [4.69, 9.17) is 20.8 Å². The molecule has 36 heavy (non-hydrogen) atoms. The Kier molecular flexibility index (Phi) is 6.84. The minimum absolute atomic E-state index is 0.00283. The van der Waals surface area contributed by atoms with Crippen LogP contribution in [-0.4, -0.2) is 61.0 Å². The summed E-state index contributed by atoms with van der Waals surface area (Å²) in [5.41, 5.74) is -0.648. The summed E-state index contributed by atoms with van der Waals surface area (Å²) < 4.78 is 55.0. The van der Waals surface area contributed by atoms with Gasteiger partial charge in [0.15, 0.2) is 5.67 Å². The summed E-state index contributed by atoms with van der Waals surface area (Å²) in [6.45, 7) is 2.66. The van der Waals surface area contributed by atoms with Gasteiger partial charge in [0.25, 0.3) is 15.6 Å². The number of piperidine rings is 1. The fourth-order valence-electron chi connectivity index (χ4n) is 4.88. The van der Waals surface area contributed by atoms with Crippen LogP contribution in [0.1, 0.15) is 37.3 Å². The van der Waals surface area contributed by atoms with Crippen LogP contribution in [0.15, 0.2) is 44.8 Å². The number of aryl methyl sites for hydroxylation is 1. The Morgan fingerprint density at radius 2 is 2.03 bits per heavy atom. The van der Waals surface area contributed by atoms with Gasteiger partial charge in [0.2, 0.25) is 5.09 Å². The van der Waals surface area contributed by atoms with E-state index in [1.54, 1.807) is 19.1 Å². The average molecular weight is 539 g/mol. The zero-order valence-corrected chi connectivity index (χ0v) is 21.4. The number of rotatable bonds is 6. The number of furan rings is 1. The van der Waals surface area contributed by atoms with E-state index < -0.39 is 21.3 Å². The summed E-state index contributed by atoms with van der Waals surface area (Å²) in [4.78, 5) is 12.9. The summed E-state index contributed by atoms with van der Waals surface area (Å²) in [7, 11) is -3.83. The van der Waals surface area contributed by atoms with Crippen molar-refractivity contribution >= 4 is 38.3 Å². The number of sulfonamides is 1. The van der Waals surface area contributed by atoms with E-state index in [-0.39, 0.29) is 48.1 Å². The number of anilines is 1. The molecule has 12 heteroatoms. The van der Waals surface area contributed by atoms with Gasteiger partial charge in [-0.25, -0.2) is 17.5 Å². The van der Waals surface area contributed by atoms with Crippen LogP contribution >= 0.6 is 11.6 Å². The highest BCUT2D eigenvalue weighted by Gasteiger charge is 2.35. The van der Waals surface area contributed by atoms with Crippen molar-refractivity contribution < 1.29 is 22.0 Å². The van der Waals surface area contributed by atoms with Crippen molar-refractivity contribution in [2.75, 3.05) is 38.2 Å². The highest BCUT2D eigenvalue weighted by atomic mass is 35.5. The minimum atomic E-state index is -3.83. The highest BCUT2D eigenvalue weighted by Crippen LogP contribution is 2.33. The molecule has 1 N–H and O–H groups in total. The second-order valence-electron chi connectivity index (χ2n) is 9.43. The van der Waals surface area contributed by atoms with Crippen LogP contribution in [0.2, 0.25) is 5.02 Å². The van der Waals surface area contributed by atoms with Crippen LogP contribution in [0.4, 0.5) is 10.1 Å². The monoisotopic (exact) mass is 538 g/mol. The molecule has 2 aliphatic heterocycles. The number of para-hydroxylation sites is 1. The first-order valence-corrected chi connectivity index (χ1v) is 13.8. The number of nitrogens with zero attached hydrogens (tertiary/aromatic N) is 3. The molecule has 9 nitrogen and oxygen atoms in total. The number of hydrogen-bond donors (Lipinski definition) is 1. The Hall–Kier alpha value is -2.47. The largest absolute Gasteiger partial charge is 0.443 e. The molecule has 0 bridgehead atoms.